The molecule has 0 fully saturated rings. The number of nitrogens with two attached hydrogens (primary N) is 1. The summed E-state index contributed by atoms with van der Waals surface area (Å²) < 4.78 is 24.4. The second-order valence-electron chi connectivity index (χ2n) is 4.07. The molecule has 0 aromatic heterocycles. The summed E-state index contributed by atoms with van der Waals surface area (Å²) in [7, 11) is 0. The average molecular weight is 241 g/mol. The Morgan fingerprint density at radius 2 is 1.94 bits per heavy atom. The zero-order chi connectivity index (χ0) is 12.7. The fourth-order valence-corrected chi connectivity index (χ4v) is 1.43. The number of hydrogen-bond donors (Lipinski definition) is 1. The normalized spacial score (nSPS) is 11.1. The molecule has 0 unspecified atom stereocenters. The molecule has 0 spiro atoms. The Morgan fingerprint density at radius 3 is 2.59 bits per heavy atom. The summed E-state index contributed by atoms with van der Waals surface area (Å²) in [5.74, 6) is -0.264. The average Bonchev–Trinajstić information content (AvgIpc) is 2.30. The predicted octanol–water partition coefficient (Wildman–Crippen LogP) is 2.23. The molecule has 0 saturated heterocycles. The largest absolute Gasteiger partial charge is 0.376 e. The molecule has 0 amide bonds. The molecule has 96 valence electrons. The van der Waals surface area contributed by atoms with E-state index in [9.17, 15) is 4.39 Å². The first-order chi connectivity index (χ1) is 8.15. The Labute approximate surface area is 102 Å². The molecule has 1 aromatic carbocycles. The van der Waals surface area contributed by atoms with E-state index in [-0.39, 0.29) is 25.1 Å². The lowest BCUT2D eigenvalue weighted by Gasteiger charge is -2.09. The summed E-state index contributed by atoms with van der Waals surface area (Å²) in [6, 6.07) is 5.17. The molecule has 0 bridgehead atoms. The first-order valence-corrected chi connectivity index (χ1v) is 5.80. The highest BCUT2D eigenvalue weighted by Crippen LogP contribution is 2.13. The molecule has 3 nitrogen and oxygen atoms in total. The van der Waals surface area contributed by atoms with Gasteiger partial charge in [-0.15, -0.1) is 0 Å². The van der Waals surface area contributed by atoms with Crippen molar-refractivity contribution in [2.75, 3.05) is 13.2 Å². The van der Waals surface area contributed by atoms with E-state index >= 15 is 0 Å². The minimum Gasteiger partial charge on any atom is -0.376 e. The summed E-state index contributed by atoms with van der Waals surface area (Å²) >= 11 is 0. The lowest BCUT2D eigenvalue weighted by molar-refractivity contribution is 0.0136. The van der Waals surface area contributed by atoms with Crippen LogP contribution in [0.2, 0.25) is 0 Å². The third-order valence-electron chi connectivity index (χ3n) is 2.32. The van der Waals surface area contributed by atoms with Crippen LogP contribution in [0.3, 0.4) is 0 Å². The van der Waals surface area contributed by atoms with Crippen LogP contribution in [0, 0.1) is 5.82 Å². The van der Waals surface area contributed by atoms with Gasteiger partial charge in [-0.3, -0.25) is 0 Å². The standard InChI is InChI=1S/C13H20FNO2/c1-10(2)17-7-6-16-9-12-5-3-4-11(8-15)13(12)14/h3-5,10H,6-9,15H2,1-2H3. The summed E-state index contributed by atoms with van der Waals surface area (Å²) in [5, 5.41) is 0. The lowest BCUT2D eigenvalue weighted by Crippen LogP contribution is -2.10. The molecule has 0 saturated carbocycles. The molecule has 0 aliphatic heterocycles. The van der Waals surface area contributed by atoms with Crippen LogP contribution in [-0.2, 0) is 22.6 Å². The Hall–Kier alpha value is -0.970. The van der Waals surface area contributed by atoms with Crippen molar-refractivity contribution in [2.45, 2.75) is 33.1 Å². The summed E-state index contributed by atoms with van der Waals surface area (Å²) in [6.45, 7) is 5.37. The van der Waals surface area contributed by atoms with Gasteiger partial charge in [-0.1, -0.05) is 18.2 Å². The van der Waals surface area contributed by atoms with Crippen LogP contribution in [-0.4, -0.2) is 19.3 Å². The number of halogens is 1. The first kappa shape index (κ1) is 14.1. The maximum absolute atomic E-state index is 13.7. The van der Waals surface area contributed by atoms with E-state index in [4.69, 9.17) is 15.2 Å². The lowest BCUT2D eigenvalue weighted by atomic mass is 10.1. The highest BCUT2D eigenvalue weighted by Gasteiger charge is 2.06. The molecule has 0 aliphatic carbocycles. The number of benzene rings is 1. The molecular formula is C13H20FNO2. The van der Waals surface area contributed by atoms with Gasteiger partial charge in [-0.25, -0.2) is 4.39 Å². The van der Waals surface area contributed by atoms with Crippen LogP contribution in [0.5, 0.6) is 0 Å². The number of ether oxygens (including phenoxy) is 2. The van der Waals surface area contributed by atoms with E-state index < -0.39 is 0 Å². The first-order valence-electron chi connectivity index (χ1n) is 5.80. The predicted molar refractivity (Wildman–Crippen MR) is 65.0 cm³/mol. The number of rotatable bonds is 7. The zero-order valence-electron chi connectivity index (χ0n) is 10.4. The van der Waals surface area contributed by atoms with Crippen molar-refractivity contribution in [3.63, 3.8) is 0 Å². The van der Waals surface area contributed by atoms with Crippen molar-refractivity contribution < 1.29 is 13.9 Å². The van der Waals surface area contributed by atoms with Gasteiger partial charge in [0.1, 0.15) is 5.82 Å². The Balaban J connectivity index is 2.36. The van der Waals surface area contributed by atoms with E-state index in [0.29, 0.717) is 24.3 Å². The smallest absolute Gasteiger partial charge is 0.133 e. The zero-order valence-corrected chi connectivity index (χ0v) is 10.4. The third kappa shape index (κ3) is 4.81. The van der Waals surface area contributed by atoms with Crippen molar-refractivity contribution >= 4 is 0 Å². The van der Waals surface area contributed by atoms with Crippen LogP contribution >= 0.6 is 0 Å². The molecule has 0 heterocycles. The third-order valence-corrected chi connectivity index (χ3v) is 2.32. The Kier molecular flexibility index (Phi) is 6.11. The van der Waals surface area contributed by atoms with E-state index in [1.807, 2.05) is 13.8 Å². The van der Waals surface area contributed by atoms with Crippen LogP contribution in [0.1, 0.15) is 25.0 Å². The van der Waals surface area contributed by atoms with Crippen LogP contribution < -0.4 is 5.73 Å². The summed E-state index contributed by atoms with van der Waals surface area (Å²) in [6.07, 6.45) is 0.191. The van der Waals surface area contributed by atoms with Crippen molar-refractivity contribution in [3.05, 3.63) is 35.1 Å². The highest BCUT2D eigenvalue weighted by atomic mass is 19.1. The summed E-state index contributed by atoms with van der Waals surface area (Å²) in [4.78, 5) is 0. The Bertz CT molecular complexity index is 342. The fourth-order valence-electron chi connectivity index (χ4n) is 1.43. The minimum atomic E-state index is -0.264. The quantitative estimate of drug-likeness (QED) is 0.744. The van der Waals surface area contributed by atoms with Gasteiger partial charge in [0, 0.05) is 17.7 Å². The highest BCUT2D eigenvalue weighted by molar-refractivity contribution is 5.25. The molecule has 1 aromatic rings. The Morgan fingerprint density at radius 1 is 1.24 bits per heavy atom. The van der Waals surface area contributed by atoms with Gasteiger partial charge in [0.2, 0.25) is 0 Å². The van der Waals surface area contributed by atoms with Crippen LogP contribution in [0.4, 0.5) is 4.39 Å². The fraction of sp³-hybridized carbons (Fsp3) is 0.538. The van der Waals surface area contributed by atoms with Crippen molar-refractivity contribution in [1.82, 2.24) is 0 Å². The molecule has 2 N–H and O–H groups in total. The van der Waals surface area contributed by atoms with Gasteiger partial charge in [0.25, 0.3) is 0 Å². The monoisotopic (exact) mass is 241 g/mol. The molecule has 1 rings (SSSR count). The van der Waals surface area contributed by atoms with Crippen LogP contribution in [0.25, 0.3) is 0 Å². The van der Waals surface area contributed by atoms with Crippen molar-refractivity contribution in [1.29, 1.82) is 0 Å². The topological polar surface area (TPSA) is 44.5 Å². The van der Waals surface area contributed by atoms with Gasteiger partial charge in [-0.2, -0.15) is 0 Å². The van der Waals surface area contributed by atoms with Gasteiger partial charge in [0.05, 0.1) is 25.9 Å². The van der Waals surface area contributed by atoms with Gasteiger partial charge < -0.3 is 15.2 Å². The maximum Gasteiger partial charge on any atom is 0.133 e. The van der Waals surface area contributed by atoms with E-state index in [2.05, 4.69) is 0 Å². The van der Waals surface area contributed by atoms with Crippen molar-refractivity contribution in [3.8, 4) is 0 Å². The second-order valence-corrected chi connectivity index (χ2v) is 4.07. The van der Waals surface area contributed by atoms with Gasteiger partial charge in [-0.05, 0) is 13.8 Å². The van der Waals surface area contributed by atoms with Gasteiger partial charge >= 0.3 is 0 Å². The summed E-state index contributed by atoms with van der Waals surface area (Å²) in [5.41, 5.74) is 6.49. The molecular weight excluding hydrogens is 221 g/mol. The van der Waals surface area contributed by atoms with Crippen LogP contribution in [0.15, 0.2) is 18.2 Å². The molecule has 17 heavy (non-hydrogen) atoms. The maximum atomic E-state index is 13.7. The molecule has 0 atom stereocenters. The minimum absolute atomic E-state index is 0.191. The van der Waals surface area contributed by atoms with Crippen molar-refractivity contribution in [2.24, 2.45) is 5.73 Å². The SMILES string of the molecule is CC(C)OCCOCc1cccc(CN)c1F. The molecule has 4 heteroatoms. The molecule has 0 radical (unpaired) electrons. The molecule has 0 aliphatic rings. The second kappa shape index (κ2) is 7.37. The van der Waals surface area contributed by atoms with E-state index in [1.54, 1.807) is 18.2 Å². The van der Waals surface area contributed by atoms with E-state index in [0.717, 1.165) is 0 Å². The van der Waals surface area contributed by atoms with E-state index in [1.165, 1.54) is 0 Å². The van der Waals surface area contributed by atoms with Gasteiger partial charge in [0.15, 0.2) is 0 Å². The number of hydrogen-bond acceptors (Lipinski definition) is 3.